The maximum atomic E-state index is 9.65. The van der Waals surface area contributed by atoms with Crippen molar-refractivity contribution in [2.24, 2.45) is 5.73 Å². The number of nitrogens with two attached hydrogens (primary N) is 1. The summed E-state index contributed by atoms with van der Waals surface area (Å²) in [6.07, 6.45) is 0.829. The van der Waals surface area contributed by atoms with E-state index in [9.17, 15) is 5.11 Å². The fourth-order valence-electron chi connectivity index (χ4n) is 1.33. The van der Waals surface area contributed by atoms with Crippen molar-refractivity contribution in [3.8, 4) is 17.4 Å². The van der Waals surface area contributed by atoms with Gasteiger partial charge < -0.3 is 20.1 Å². The van der Waals surface area contributed by atoms with Gasteiger partial charge in [0.15, 0.2) is 0 Å². The Balaban J connectivity index is 2.23. The second-order valence-electron chi connectivity index (χ2n) is 3.49. The molecule has 0 spiro atoms. The summed E-state index contributed by atoms with van der Waals surface area (Å²) in [4.78, 5) is 11.9. The first-order valence-corrected chi connectivity index (χ1v) is 5.32. The van der Waals surface area contributed by atoms with Crippen molar-refractivity contribution in [1.82, 2.24) is 20.1 Å². The van der Waals surface area contributed by atoms with E-state index in [0.29, 0.717) is 24.5 Å². The Morgan fingerprint density at radius 3 is 3.06 bits per heavy atom. The highest BCUT2D eigenvalue weighted by molar-refractivity contribution is 5.49. The zero-order valence-corrected chi connectivity index (χ0v) is 9.78. The first-order chi connectivity index (χ1) is 8.74. The molecule has 0 saturated carbocycles. The monoisotopic (exact) mass is 251 g/mol. The summed E-state index contributed by atoms with van der Waals surface area (Å²) in [7, 11) is 1.50. The summed E-state index contributed by atoms with van der Waals surface area (Å²) in [6, 6.07) is 1.57. The summed E-state index contributed by atoms with van der Waals surface area (Å²) in [6.45, 7) is 0.334. The lowest BCUT2D eigenvalue weighted by Crippen LogP contribution is -2.06. The van der Waals surface area contributed by atoms with Crippen LogP contribution in [0.4, 0.5) is 0 Å². The van der Waals surface area contributed by atoms with E-state index < -0.39 is 6.10 Å². The first kappa shape index (κ1) is 12.4. The van der Waals surface area contributed by atoms with E-state index in [2.05, 4.69) is 20.1 Å². The number of aromatic nitrogens is 4. The Labute approximate surface area is 103 Å². The number of aliphatic hydroxyl groups excluding tert-OH is 1. The lowest BCUT2D eigenvalue weighted by molar-refractivity contribution is 0.127. The minimum absolute atomic E-state index is 0.119. The van der Waals surface area contributed by atoms with Gasteiger partial charge in [-0.1, -0.05) is 5.16 Å². The van der Waals surface area contributed by atoms with Crippen LogP contribution in [-0.4, -0.2) is 38.9 Å². The molecular formula is C10H13N5O3. The minimum atomic E-state index is -0.861. The first-order valence-electron chi connectivity index (χ1n) is 5.32. The molecule has 2 aromatic heterocycles. The highest BCUT2D eigenvalue weighted by atomic mass is 16.5. The van der Waals surface area contributed by atoms with E-state index in [-0.39, 0.29) is 11.7 Å². The number of nitrogens with zero attached hydrogens (tertiary/aromatic N) is 4. The van der Waals surface area contributed by atoms with Crippen LogP contribution < -0.4 is 10.5 Å². The maximum Gasteiger partial charge on any atom is 0.255 e. The molecule has 18 heavy (non-hydrogen) atoms. The van der Waals surface area contributed by atoms with E-state index in [1.54, 1.807) is 6.07 Å². The van der Waals surface area contributed by atoms with Crippen molar-refractivity contribution < 1.29 is 14.4 Å². The van der Waals surface area contributed by atoms with Crippen LogP contribution in [0.5, 0.6) is 5.88 Å². The van der Waals surface area contributed by atoms with Gasteiger partial charge in [0.1, 0.15) is 18.1 Å². The zero-order valence-electron chi connectivity index (χ0n) is 9.78. The van der Waals surface area contributed by atoms with E-state index in [0.717, 1.165) is 0 Å². The maximum absolute atomic E-state index is 9.65. The predicted molar refractivity (Wildman–Crippen MR) is 60.5 cm³/mol. The Hall–Kier alpha value is -2.06. The molecule has 2 rings (SSSR count). The summed E-state index contributed by atoms with van der Waals surface area (Å²) >= 11 is 0. The predicted octanol–water partition coefficient (Wildman–Crippen LogP) is -0.0826. The number of methoxy groups -OCH3 is 1. The third-order valence-electron chi connectivity index (χ3n) is 2.25. The second kappa shape index (κ2) is 5.52. The molecule has 3 N–H and O–H groups in total. The SMILES string of the molecule is COc1cc(-c2noc(C(O)CCN)n2)ncn1. The molecule has 0 bridgehead atoms. The fourth-order valence-corrected chi connectivity index (χ4v) is 1.33. The number of aliphatic hydroxyl groups is 1. The Morgan fingerprint density at radius 2 is 2.33 bits per heavy atom. The topological polar surface area (TPSA) is 120 Å². The van der Waals surface area contributed by atoms with Crippen LogP contribution in [0.15, 0.2) is 16.9 Å². The van der Waals surface area contributed by atoms with Crippen LogP contribution >= 0.6 is 0 Å². The Morgan fingerprint density at radius 1 is 1.50 bits per heavy atom. The Bertz CT molecular complexity index is 516. The van der Waals surface area contributed by atoms with Crippen LogP contribution in [0.3, 0.4) is 0 Å². The smallest absolute Gasteiger partial charge is 0.255 e. The van der Waals surface area contributed by atoms with E-state index in [4.69, 9.17) is 15.0 Å². The molecule has 0 aliphatic heterocycles. The number of hydrogen-bond donors (Lipinski definition) is 2. The second-order valence-corrected chi connectivity index (χ2v) is 3.49. The quantitative estimate of drug-likeness (QED) is 0.756. The molecule has 0 aromatic carbocycles. The number of ether oxygens (including phenoxy) is 1. The third-order valence-corrected chi connectivity index (χ3v) is 2.25. The molecule has 0 fully saturated rings. The van der Waals surface area contributed by atoms with Crippen molar-refractivity contribution in [2.75, 3.05) is 13.7 Å². The van der Waals surface area contributed by atoms with Gasteiger partial charge in [-0.15, -0.1) is 0 Å². The van der Waals surface area contributed by atoms with Gasteiger partial charge in [-0.05, 0) is 13.0 Å². The molecule has 0 aliphatic carbocycles. The van der Waals surface area contributed by atoms with Gasteiger partial charge in [-0.3, -0.25) is 0 Å². The molecule has 0 amide bonds. The lowest BCUT2D eigenvalue weighted by Gasteiger charge is -2.01. The van der Waals surface area contributed by atoms with E-state index in [1.165, 1.54) is 13.4 Å². The van der Waals surface area contributed by atoms with E-state index >= 15 is 0 Å². The third kappa shape index (κ3) is 2.60. The lowest BCUT2D eigenvalue weighted by atomic mass is 10.2. The van der Waals surface area contributed by atoms with Gasteiger partial charge in [0.05, 0.1) is 7.11 Å². The average Bonchev–Trinajstić information content (AvgIpc) is 2.89. The van der Waals surface area contributed by atoms with Crippen molar-refractivity contribution in [3.05, 3.63) is 18.3 Å². The molecule has 0 saturated heterocycles. The number of rotatable bonds is 5. The van der Waals surface area contributed by atoms with Crippen molar-refractivity contribution >= 4 is 0 Å². The molecule has 8 nitrogen and oxygen atoms in total. The average molecular weight is 251 g/mol. The molecule has 2 aromatic rings. The highest BCUT2D eigenvalue weighted by Crippen LogP contribution is 2.20. The van der Waals surface area contributed by atoms with Gasteiger partial charge in [0, 0.05) is 6.07 Å². The van der Waals surface area contributed by atoms with Gasteiger partial charge in [0.25, 0.3) is 5.89 Å². The molecule has 1 atom stereocenters. The molecular weight excluding hydrogens is 238 g/mol. The highest BCUT2D eigenvalue weighted by Gasteiger charge is 2.17. The molecule has 8 heteroatoms. The number of hydrogen-bond acceptors (Lipinski definition) is 8. The Kier molecular flexibility index (Phi) is 3.80. The standard InChI is InChI=1S/C10H13N5O3/c1-17-8-4-6(12-5-13-8)9-14-10(18-15-9)7(16)2-3-11/h4-5,7,16H,2-3,11H2,1H3. The zero-order chi connectivity index (χ0) is 13.0. The van der Waals surface area contributed by atoms with Crippen LogP contribution in [0.2, 0.25) is 0 Å². The summed E-state index contributed by atoms with van der Waals surface area (Å²) in [5, 5.41) is 13.4. The molecule has 0 aliphatic rings. The van der Waals surface area contributed by atoms with Crippen LogP contribution in [0, 0.1) is 0 Å². The summed E-state index contributed by atoms with van der Waals surface area (Å²) in [5.74, 6) is 0.781. The van der Waals surface area contributed by atoms with Crippen molar-refractivity contribution in [3.63, 3.8) is 0 Å². The van der Waals surface area contributed by atoms with Crippen LogP contribution in [0.1, 0.15) is 18.4 Å². The summed E-state index contributed by atoms with van der Waals surface area (Å²) in [5.41, 5.74) is 5.79. The van der Waals surface area contributed by atoms with Crippen molar-refractivity contribution in [2.45, 2.75) is 12.5 Å². The fraction of sp³-hybridized carbons (Fsp3) is 0.400. The van der Waals surface area contributed by atoms with Crippen LogP contribution in [-0.2, 0) is 0 Å². The van der Waals surface area contributed by atoms with Gasteiger partial charge in [-0.2, -0.15) is 4.98 Å². The summed E-state index contributed by atoms with van der Waals surface area (Å²) < 4.78 is 9.90. The van der Waals surface area contributed by atoms with Gasteiger partial charge >= 0.3 is 0 Å². The van der Waals surface area contributed by atoms with Crippen molar-refractivity contribution in [1.29, 1.82) is 0 Å². The molecule has 0 radical (unpaired) electrons. The van der Waals surface area contributed by atoms with E-state index in [1.807, 2.05) is 0 Å². The minimum Gasteiger partial charge on any atom is -0.481 e. The van der Waals surface area contributed by atoms with Gasteiger partial charge in [-0.25, -0.2) is 9.97 Å². The van der Waals surface area contributed by atoms with Crippen LogP contribution in [0.25, 0.3) is 11.5 Å². The molecule has 96 valence electrons. The normalized spacial score (nSPS) is 12.4. The molecule has 2 heterocycles. The molecule has 1 unspecified atom stereocenters. The largest absolute Gasteiger partial charge is 0.481 e. The van der Waals surface area contributed by atoms with Gasteiger partial charge in [0.2, 0.25) is 11.7 Å².